The number of oxazole rings is 1. The second kappa shape index (κ2) is 7.33. The zero-order chi connectivity index (χ0) is 18.6. The molecule has 0 fully saturated rings. The number of rotatable bonds is 5. The first-order valence-corrected chi connectivity index (χ1v) is 8.39. The Labute approximate surface area is 154 Å². The highest BCUT2D eigenvalue weighted by atomic mass is 19.1. The molecule has 0 radical (unpaired) electrons. The highest BCUT2D eigenvalue weighted by Gasteiger charge is 2.12. The van der Waals surface area contributed by atoms with E-state index in [4.69, 9.17) is 4.42 Å². The number of hydrogen-bond donors (Lipinski definition) is 1. The predicted octanol–water partition coefficient (Wildman–Crippen LogP) is 4.00. The summed E-state index contributed by atoms with van der Waals surface area (Å²) in [5.41, 5.74) is 1.75. The number of anilines is 1. The molecule has 1 N–H and O–H groups in total. The van der Waals surface area contributed by atoms with Gasteiger partial charge < -0.3 is 9.73 Å². The van der Waals surface area contributed by atoms with E-state index in [0.29, 0.717) is 29.3 Å². The highest BCUT2D eigenvalue weighted by Crippen LogP contribution is 2.24. The van der Waals surface area contributed by atoms with Gasteiger partial charge in [-0.25, -0.2) is 9.37 Å². The molecule has 6 nitrogen and oxygen atoms in total. The first kappa shape index (κ1) is 16.8. The van der Waals surface area contributed by atoms with Crippen molar-refractivity contribution in [3.05, 3.63) is 72.9 Å². The second-order valence-corrected chi connectivity index (χ2v) is 5.90. The van der Waals surface area contributed by atoms with E-state index < -0.39 is 0 Å². The van der Waals surface area contributed by atoms with Crippen LogP contribution in [0.5, 0.6) is 0 Å². The minimum Gasteiger partial charge on any atom is -0.441 e. The number of nitrogens with one attached hydrogen (secondary N) is 1. The summed E-state index contributed by atoms with van der Waals surface area (Å²) in [4.78, 5) is 24.7. The molecule has 0 saturated heterocycles. The summed E-state index contributed by atoms with van der Waals surface area (Å²) in [6.45, 7) is 0. The van der Waals surface area contributed by atoms with Gasteiger partial charge in [0.05, 0.1) is 23.0 Å². The molecule has 0 spiro atoms. The van der Waals surface area contributed by atoms with Gasteiger partial charge >= 0.3 is 0 Å². The monoisotopic (exact) mass is 362 g/mol. The molecule has 4 rings (SSSR count). The first-order chi connectivity index (χ1) is 13.2. The number of hydrogen-bond acceptors (Lipinski definition) is 5. The molecule has 7 heteroatoms. The van der Waals surface area contributed by atoms with E-state index in [0.717, 1.165) is 10.9 Å². The Hall–Kier alpha value is -3.61. The third kappa shape index (κ3) is 3.67. The number of pyridine rings is 2. The van der Waals surface area contributed by atoms with Crippen LogP contribution in [0.3, 0.4) is 0 Å². The smallest absolute Gasteiger partial charge is 0.224 e. The molecular weight excluding hydrogens is 347 g/mol. The van der Waals surface area contributed by atoms with Crippen LogP contribution in [-0.2, 0) is 11.2 Å². The number of carbonyl (C=O) groups excluding carboxylic acids is 1. The van der Waals surface area contributed by atoms with E-state index in [1.54, 1.807) is 48.9 Å². The van der Waals surface area contributed by atoms with Gasteiger partial charge in [0.15, 0.2) is 11.7 Å². The van der Waals surface area contributed by atoms with Gasteiger partial charge in [0.1, 0.15) is 5.82 Å². The average molecular weight is 362 g/mol. The van der Waals surface area contributed by atoms with E-state index >= 15 is 0 Å². The van der Waals surface area contributed by atoms with Gasteiger partial charge in [-0.1, -0.05) is 12.1 Å². The maximum Gasteiger partial charge on any atom is 0.224 e. The molecule has 4 aromatic rings. The third-order valence-corrected chi connectivity index (χ3v) is 4.08. The lowest BCUT2D eigenvalue weighted by Crippen LogP contribution is -2.12. The molecular formula is C20H15FN4O2. The molecule has 1 amide bonds. The Kier molecular flexibility index (Phi) is 4.57. The van der Waals surface area contributed by atoms with Crippen LogP contribution in [-0.4, -0.2) is 20.9 Å². The summed E-state index contributed by atoms with van der Waals surface area (Å²) < 4.78 is 19.4. The van der Waals surface area contributed by atoms with Gasteiger partial charge in [0, 0.05) is 36.8 Å². The molecule has 134 valence electrons. The summed E-state index contributed by atoms with van der Waals surface area (Å²) in [5.74, 6) is 0.160. The number of aryl methyl sites for hydroxylation is 1. The molecule has 0 unspecified atom stereocenters. The van der Waals surface area contributed by atoms with Crippen LogP contribution < -0.4 is 5.32 Å². The Bertz CT molecular complexity index is 1100. The number of fused-ring (bicyclic) bond motifs is 1. The molecule has 0 aliphatic heterocycles. The Morgan fingerprint density at radius 3 is 2.85 bits per heavy atom. The van der Waals surface area contributed by atoms with Crippen molar-refractivity contribution in [1.82, 2.24) is 15.0 Å². The van der Waals surface area contributed by atoms with Crippen LogP contribution >= 0.6 is 0 Å². The summed E-state index contributed by atoms with van der Waals surface area (Å²) in [5, 5.41) is 3.62. The zero-order valence-corrected chi connectivity index (χ0v) is 14.2. The van der Waals surface area contributed by atoms with Gasteiger partial charge in [-0.15, -0.1) is 0 Å². The lowest BCUT2D eigenvalue weighted by Gasteiger charge is -2.07. The molecule has 1 aromatic carbocycles. The molecule has 0 saturated carbocycles. The van der Waals surface area contributed by atoms with Crippen molar-refractivity contribution in [1.29, 1.82) is 0 Å². The molecule has 0 bridgehead atoms. The van der Waals surface area contributed by atoms with Crippen molar-refractivity contribution < 1.29 is 13.6 Å². The molecule has 3 heterocycles. The largest absolute Gasteiger partial charge is 0.441 e. The molecule has 3 aromatic heterocycles. The fourth-order valence-corrected chi connectivity index (χ4v) is 2.74. The van der Waals surface area contributed by atoms with Gasteiger partial charge in [-0.05, 0) is 24.3 Å². The van der Waals surface area contributed by atoms with Crippen LogP contribution in [0.25, 0.3) is 22.2 Å². The lowest BCUT2D eigenvalue weighted by atomic mass is 10.2. The van der Waals surface area contributed by atoms with Crippen molar-refractivity contribution in [3.8, 4) is 11.3 Å². The van der Waals surface area contributed by atoms with E-state index in [1.165, 1.54) is 12.3 Å². The molecule has 0 atom stereocenters. The lowest BCUT2D eigenvalue weighted by molar-refractivity contribution is -0.116. The maximum atomic E-state index is 13.8. The summed E-state index contributed by atoms with van der Waals surface area (Å²) in [7, 11) is 0. The number of amides is 1. The fourth-order valence-electron chi connectivity index (χ4n) is 2.74. The SMILES string of the molecule is O=C(CCc1ncc(-c2ccccc2F)o1)Nc1ccnc2ccncc12. The molecule has 0 aliphatic rings. The van der Waals surface area contributed by atoms with Crippen molar-refractivity contribution in [2.24, 2.45) is 0 Å². The van der Waals surface area contributed by atoms with E-state index in [1.807, 2.05) is 0 Å². The molecule has 27 heavy (non-hydrogen) atoms. The standard InChI is InChI=1S/C20H15FN4O2/c21-15-4-2-1-3-13(15)18-12-24-20(27-18)6-5-19(26)25-17-8-10-23-16-7-9-22-11-14(16)17/h1-4,7-12H,5-6H2,(H,23,25,26). The van der Waals surface area contributed by atoms with Crippen LogP contribution in [0.4, 0.5) is 10.1 Å². The summed E-state index contributed by atoms with van der Waals surface area (Å²) in [6, 6.07) is 9.82. The average Bonchev–Trinajstić information content (AvgIpc) is 3.16. The Balaban J connectivity index is 1.42. The first-order valence-electron chi connectivity index (χ1n) is 8.39. The maximum absolute atomic E-state index is 13.8. The number of carbonyl (C=O) groups is 1. The summed E-state index contributed by atoms with van der Waals surface area (Å²) in [6.07, 6.45) is 6.90. The minimum atomic E-state index is -0.379. The van der Waals surface area contributed by atoms with Gasteiger partial charge in [0.2, 0.25) is 5.91 Å². The van der Waals surface area contributed by atoms with E-state index in [2.05, 4.69) is 20.3 Å². The third-order valence-electron chi connectivity index (χ3n) is 4.08. The fraction of sp³-hybridized carbons (Fsp3) is 0.100. The van der Waals surface area contributed by atoms with Crippen molar-refractivity contribution in [2.75, 3.05) is 5.32 Å². The van der Waals surface area contributed by atoms with Crippen molar-refractivity contribution in [2.45, 2.75) is 12.8 Å². The van der Waals surface area contributed by atoms with Crippen LogP contribution in [0.2, 0.25) is 0 Å². The number of halogens is 1. The quantitative estimate of drug-likeness (QED) is 0.580. The van der Waals surface area contributed by atoms with Gasteiger partial charge in [-0.2, -0.15) is 0 Å². The predicted molar refractivity (Wildman–Crippen MR) is 98.4 cm³/mol. The highest BCUT2D eigenvalue weighted by molar-refractivity contribution is 6.00. The van der Waals surface area contributed by atoms with Crippen LogP contribution in [0.1, 0.15) is 12.3 Å². The summed E-state index contributed by atoms with van der Waals surface area (Å²) >= 11 is 0. The topological polar surface area (TPSA) is 80.9 Å². The van der Waals surface area contributed by atoms with Gasteiger partial charge in [-0.3, -0.25) is 14.8 Å². The Morgan fingerprint density at radius 1 is 1.07 bits per heavy atom. The van der Waals surface area contributed by atoms with E-state index in [9.17, 15) is 9.18 Å². The number of aromatic nitrogens is 3. The zero-order valence-electron chi connectivity index (χ0n) is 14.2. The van der Waals surface area contributed by atoms with Gasteiger partial charge in [0.25, 0.3) is 0 Å². The van der Waals surface area contributed by atoms with Crippen LogP contribution in [0.15, 0.2) is 65.6 Å². The van der Waals surface area contributed by atoms with Crippen LogP contribution in [0, 0.1) is 5.82 Å². The van der Waals surface area contributed by atoms with E-state index in [-0.39, 0.29) is 18.1 Å². The normalized spacial score (nSPS) is 10.9. The molecule has 0 aliphatic carbocycles. The number of nitrogens with zero attached hydrogens (tertiary/aromatic N) is 3. The Morgan fingerprint density at radius 2 is 1.96 bits per heavy atom. The van der Waals surface area contributed by atoms with Crippen molar-refractivity contribution >= 4 is 22.5 Å². The number of benzene rings is 1. The second-order valence-electron chi connectivity index (χ2n) is 5.90. The minimum absolute atomic E-state index is 0.182. The van der Waals surface area contributed by atoms with Crippen molar-refractivity contribution in [3.63, 3.8) is 0 Å².